The fourth-order valence-corrected chi connectivity index (χ4v) is 2.59. The molecule has 130 valence electrons. The van der Waals surface area contributed by atoms with E-state index in [4.69, 9.17) is 9.47 Å². The van der Waals surface area contributed by atoms with Crippen LogP contribution < -0.4 is 0 Å². The lowest BCUT2D eigenvalue weighted by Crippen LogP contribution is -2.17. The monoisotopic (exact) mass is 310 g/mol. The SMILES string of the molecule is C=C/C=C\CCCCCCCCCCCC(OCC)OCC. The van der Waals surface area contributed by atoms with E-state index in [1.54, 1.807) is 0 Å². The molecule has 0 aliphatic heterocycles. The topological polar surface area (TPSA) is 18.5 Å². The number of hydrogen-bond acceptors (Lipinski definition) is 2. The highest BCUT2D eigenvalue weighted by Crippen LogP contribution is 2.13. The van der Waals surface area contributed by atoms with Crippen molar-refractivity contribution < 1.29 is 9.47 Å². The molecule has 0 aromatic carbocycles. The molecule has 0 saturated carbocycles. The van der Waals surface area contributed by atoms with Gasteiger partial charge in [0.05, 0.1) is 0 Å². The van der Waals surface area contributed by atoms with E-state index < -0.39 is 0 Å². The molecule has 22 heavy (non-hydrogen) atoms. The van der Waals surface area contributed by atoms with Crippen molar-refractivity contribution in [2.75, 3.05) is 13.2 Å². The zero-order valence-electron chi connectivity index (χ0n) is 15.0. The van der Waals surface area contributed by atoms with Crippen molar-refractivity contribution in [3.05, 3.63) is 24.8 Å². The average Bonchev–Trinajstić information content (AvgIpc) is 2.52. The Kier molecular flexibility index (Phi) is 17.9. The summed E-state index contributed by atoms with van der Waals surface area (Å²) in [5, 5.41) is 0. The van der Waals surface area contributed by atoms with E-state index in [9.17, 15) is 0 Å². The molecule has 0 rings (SSSR count). The lowest BCUT2D eigenvalue weighted by Gasteiger charge is -2.16. The maximum absolute atomic E-state index is 5.56. The van der Waals surface area contributed by atoms with Gasteiger partial charge in [0.1, 0.15) is 0 Å². The van der Waals surface area contributed by atoms with Gasteiger partial charge < -0.3 is 9.47 Å². The Bertz CT molecular complexity index is 242. The molecule has 0 atom stereocenters. The molecule has 0 fully saturated rings. The van der Waals surface area contributed by atoms with Crippen molar-refractivity contribution in [2.24, 2.45) is 0 Å². The fraction of sp³-hybridized carbons (Fsp3) is 0.800. The van der Waals surface area contributed by atoms with Gasteiger partial charge in [-0.25, -0.2) is 0 Å². The van der Waals surface area contributed by atoms with E-state index in [1.807, 2.05) is 26.0 Å². The third-order valence-corrected chi connectivity index (χ3v) is 3.79. The lowest BCUT2D eigenvalue weighted by atomic mass is 10.1. The second-order valence-electron chi connectivity index (χ2n) is 5.76. The first-order valence-electron chi connectivity index (χ1n) is 9.35. The average molecular weight is 311 g/mol. The van der Waals surface area contributed by atoms with Crippen LogP contribution in [0.25, 0.3) is 0 Å². The Balaban J connectivity index is 3.22. The lowest BCUT2D eigenvalue weighted by molar-refractivity contribution is -0.140. The Hall–Kier alpha value is -0.600. The van der Waals surface area contributed by atoms with Crippen molar-refractivity contribution in [1.29, 1.82) is 0 Å². The molecular formula is C20H38O2. The predicted octanol–water partition coefficient (Wildman–Crippen LogP) is 6.42. The molecule has 2 nitrogen and oxygen atoms in total. The molecule has 0 spiro atoms. The molecule has 2 heteroatoms. The molecule has 0 radical (unpaired) electrons. The summed E-state index contributed by atoms with van der Waals surface area (Å²) in [5.41, 5.74) is 0. The molecule has 0 saturated heterocycles. The van der Waals surface area contributed by atoms with Gasteiger partial charge in [0, 0.05) is 13.2 Å². The normalized spacial score (nSPS) is 11.6. The van der Waals surface area contributed by atoms with Crippen molar-refractivity contribution in [2.45, 2.75) is 90.8 Å². The van der Waals surface area contributed by atoms with Crippen molar-refractivity contribution >= 4 is 0 Å². The van der Waals surface area contributed by atoms with Gasteiger partial charge in [-0.3, -0.25) is 0 Å². The summed E-state index contributed by atoms with van der Waals surface area (Å²) in [6.45, 7) is 9.22. The molecule has 0 aliphatic carbocycles. The van der Waals surface area contributed by atoms with E-state index in [0.717, 1.165) is 19.6 Å². The second-order valence-corrected chi connectivity index (χ2v) is 5.76. The zero-order chi connectivity index (χ0) is 16.3. The first-order valence-corrected chi connectivity index (χ1v) is 9.35. The number of allylic oxidation sites excluding steroid dienone is 3. The van der Waals surface area contributed by atoms with Crippen molar-refractivity contribution in [3.8, 4) is 0 Å². The van der Waals surface area contributed by atoms with Crippen molar-refractivity contribution in [3.63, 3.8) is 0 Å². The fourth-order valence-electron chi connectivity index (χ4n) is 2.59. The minimum absolute atomic E-state index is 0.0186. The summed E-state index contributed by atoms with van der Waals surface area (Å²) in [4.78, 5) is 0. The molecule has 0 bridgehead atoms. The quantitative estimate of drug-likeness (QED) is 0.175. The third-order valence-electron chi connectivity index (χ3n) is 3.79. The Morgan fingerprint density at radius 2 is 1.27 bits per heavy atom. The number of unbranched alkanes of at least 4 members (excludes halogenated alkanes) is 9. The van der Waals surface area contributed by atoms with Crippen LogP contribution in [0.2, 0.25) is 0 Å². The summed E-state index contributed by atoms with van der Waals surface area (Å²) in [5.74, 6) is 0. The Morgan fingerprint density at radius 3 is 1.77 bits per heavy atom. The zero-order valence-corrected chi connectivity index (χ0v) is 15.0. The van der Waals surface area contributed by atoms with E-state index in [-0.39, 0.29) is 6.29 Å². The van der Waals surface area contributed by atoms with Crippen LogP contribution in [0, 0.1) is 0 Å². The minimum Gasteiger partial charge on any atom is -0.353 e. The Labute approximate surface area is 139 Å². The number of rotatable bonds is 17. The minimum atomic E-state index is 0.0186. The summed E-state index contributed by atoms with van der Waals surface area (Å²) in [6, 6.07) is 0. The van der Waals surface area contributed by atoms with E-state index in [0.29, 0.717) is 0 Å². The number of ether oxygens (including phenoxy) is 2. The van der Waals surface area contributed by atoms with Gasteiger partial charge in [0.2, 0.25) is 0 Å². The highest BCUT2D eigenvalue weighted by atomic mass is 16.7. The van der Waals surface area contributed by atoms with Crippen LogP contribution in [0.1, 0.15) is 84.5 Å². The van der Waals surface area contributed by atoms with E-state index >= 15 is 0 Å². The number of hydrogen-bond donors (Lipinski definition) is 0. The summed E-state index contributed by atoms with van der Waals surface area (Å²) in [6.07, 6.45) is 20.5. The molecule has 0 aromatic rings. The van der Waals surface area contributed by atoms with Crippen LogP contribution in [-0.2, 0) is 9.47 Å². The van der Waals surface area contributed by atoms with Gasteiger partial charge in [0.15, 0.2) is 6.29 Å². The molecule has 0 heterocycles. The predicted molar refractivity (Wildman–Crippen MR) is 97.2 cm³/mol. The standard InChI is InChI=1S/C20H38O2/c1-4-7-8-9-10-11-12-13-14-15-16-17-18-19-20(21-5-2)22-6-3/h4,7-8,20H,1,5-6,9-19H2,2-3H3/b8-7-. The third kappa shape index (κ3) is 15.8. The van der Waals surface area contributed by atoms with Gasteiger partial charge in [-0.2, -0.15) is 0 Å². The Morgan fingerprint density at radius 1 is 0.773 bits per heavy atom. The highest BCUT2D eigenvalue weighted by molar-refractivity contribution is 4.96. The molecule has 0 aromatic heterocycles. The van der Waals surface area contributed by atoms with Gasteiger partial charge in [0.25, 0.3) is 0 Å². The van der Waals surface area contributed by atoms with Crippen LogP contribution in [0.4, 0.5) is 0 Å². The first kappa shape index (κ1) is 21.4. The molecule has 0 aliphatic rings. The molecule has 0 N–H and O–H groups in total. The van der Waals surface area contributed by atoms with Crippen LogP contribution in [0.5, 0.6) is 0 Å². The van der Waals surface area contributed by atoms with Gasteiger partial charge in [-0.15, -0.1) is 0 Å². The largest absolute Gasteiger partial charge is 0.353 e. The second kappa shape index (κ2) is 18.4. The first-order chi connectivity index (χ1) is 10.8. The summed E-state index contributed by atoms with van der Waals surface area (Å²) >= 11 is 0. The van der Waals surface area contributed by atoms with Crippen molar-refractivity contribution in [1.82, 2.24) is 0 Å². The van der Waals surface area contributed by atoms with E-state index in [1.165, 1.54) is 64.2 Å². The van der Waals surface area contributed by atoms with Crippen LogP contribution in [-0.4, -0.2) is 19.5 Å². The smallest absolute Gasteiger partial charge is 0.157 e. The summed E-state index contributed by atoms with van der Waals surface area (Å²) < 4.78 is 11.1. The summed E-state index contributed by atoms with van der Waals surface area (Å²) in [7, 11) is 0. The molecular weight excluding hydrogens is 272 g/mol. The van der Waals surface area contributed by atoms with Gasteiger partial charge in [-0.1, -0.05) is 69.8 Å². The van der Waals surface area contributed by atoms with Gasteiger partial charge >= 0.3 is 0 Å². The highest BCUT2D eigenvalue weighted by Gasteiger charge is 2.06. The van der Waals surface area contributed by atoms with E-state index in [2.05, 4.69) is 12.7 Å². The maximum Gasteiger partial charge on any atom is 0.157 e. The van der Waals surface area contributed by atoms with Gasteiger partial charge in [-0.05, 0) is 39.5 Å². The molecule has 0 unspecified atom stereocenters. The van der Waals surface area contributed by atoms with Crippen LogP contribution >= 0.6 is 0 Å². The van der Waals surface area contributed by atoms with Crippen LogP contribution in [0.15, 0.2) is 24.8 Å². The maximum atomic E-state index is 5.56. The van der Waals surface area contributed by atoms with Crippen LogP contribution in [0.3, 0.4) is 0 Å². The molecule has 0 amide bonds.